The Labute approximate surface area is 439 Å². The number of nitrogens with one attached hydrogen (secondary N) is 10. The van der Waals surface area contributed by atoms with Gasteiger partial charge in [-0.1, -0.05) is 76.2 Å². The molecule has 2 heterocycles. The molecule has 25 heteroatoms. The highest BCUT2D eigenvalue weighted by Crippen LogP contribution is 2.20. The Morgan fingerprint density at radius 1 is 0.627 bits per heavy atom. The van der Waals surface area contributed by atoms with Gasteiger partial charge in [-0.05, 0) is 55.2 Å². The lowest BCUT2D eigenvalue weighted by Crippen LogP contribution is -2.59. The van der Waals surface area contributed by atoms with Gasteiger partial charge in [0.15, 0.2) is 0 Å². The van der Waals surface area contributed by atoms with E-state index >= 15 is 0 Å². The monoisotopic (exact) mass is 1060 g/mol. The number of carbonyl (C=O) groups is 10. The molecule has 0 aliphatic rings. The predicted octanol–water partition coefficient (Wildman–Crippen LogP) is -1.84. The first-order valence-electron chi connectivity index (χ1n) is 24.5. The first-order chi connectivity index (χ1) is 35.6. The van der Waals surface area contributed by atoms with Gasteiger partial charge in [0.1, 0.15) is 42.3 Å². The highest BCUT2D eigenvalue weighted by atomic mass is 32.1. The van der Waals surface area contributed by atoms with E-state index in [0.29, 0.717) is 11.3 Å². The maximum absolute atomic E-state index is 14.2. The van der Waals surface area contributed by atoms with Crippen molar-refractivity contribution in [3.8, 4) is 0 Å². The molecule has 4 rings (SSSR count). The molecule has 0 saturated carbocycles. The molecular weight excluding hydrogens is 989 g/mol. The van der Waals surface area contributed by atoms with Crippen molar-refractivity contribution in [2.24, 2.45) is 29.0 Å². The van der Waals surface area contributed by atoms with Gasteiger partial charge < -0.3 is 69.7 Å². The van der Waals surface area contributed by atoms with Crippen LogP contribution in [0.5, 0.6) is 0 Å². The van der Waals surface area contributed by atoms with Gasteiger partial charge in [-0.25, -0.2) is 4.98 Å². The zero-order valence-electron chi connectivity index (χ0n) is 42.6. The van der Waals surface area contributed by atoms with Crippen LogP contribution in [0, 0.1) is 11.8 Å². The second kappa shape index (κ2) is 29.2. The van der Waals surface area contributed by atoms with Crippen molar-refractivity contribution in [2.45, 2.75) is 121 Å². The van der Waals surface area contributed by atoms with E-state index in [1.807, 2.05) is 38.1 Å². The Morgan fingerprint density at radius 3 is 1.85 bits per heavy atom. The fourth-order valence-corrected chi connectivity index (χ4v) is 8.05. The van der Waals surface area contributed by atoms with E-state index in [1.54, 1.807) is 50.4 Å². The maximum atomic E-state index is 14.2. The standard InChI is InChI=1S/C50H70N14O10S/c1-26(2)17-36(43(53)67)61-49(73)39(24-75)63-48(72)38(20-31-22-54-25-57-31)59-41(66)23-56-50(74)42(27(3)4)64-44(68)28(5)58-47(71)37(19-30-21-55-34-14-10-9-13-32(30)34)62-46(70)35(15-16-40(52)65)60-45(69)33(51)18-29-11-7-6-8-12-29/h6-14,21-22,25-28,33,35-39,42,55,75H,15-20,23-24,51H2,1-5H3,(H2,52,65)(H2,53,67)(H,54,57)(H,56,74)(H,58,71)(H,59,66)(H,60,69)(H,61,73)(H,62,70)(H,63,72)(H,64,68)/t28-,33+,35-,36-,37-,38-,39-,42-/m0/s1. The number of carbonyl (C=O) groups excluding carboxylic acids is 10. The highest BCUT2D eigenvalue weighted by Gasteiger charge is 2.34. The zero-order chi connectivity index (χ0) is 55.4. The Hall–Kier alpha value is -7.80. The molecule has 406 valence electrons. The quantitative estimate of drug-likeness (QED) is 0.0256. The molecule has 2 aromatic heterocycles. The van der Waals surface area contributed by atoms with Crippen molar-refractivity contribution in [3.05, 3.63) is 90.1 Å². The second-order valence-electron chi connectivity index (χ2n) is 18.9. The number of para-hydroxylation sites is 1. The van der Waals surface area contributed by atoms with Crippen molar-refractivity contribution < 1.29 is 47.9 Å². The topological polar surface area (TPSA) is 389 Å². The predicted molar refractivity (Wildman–Crippen MR) is 280 cm³/mol. The number of hydrogen-bond donors (Lipinski definition) is 14. The molecule has 16 N–H and O–H groups in total. The van der Waals surface area contributed by atoms with Crippen LogP contribution >= 0.6 is 12.6 Å². The lowest BCUT2D eigenvalue weighted by molar-refractivity contribution is -0.135. The number of primary amides is 2. The van der Waals surface area contributed by atoms with Crippen molar-refractivity contribution in [1.29, 1.82) is 0 Å². The van der Waals surface area contributed by atoms with Crippen LogP contribution in [-0.2, 0) is 67.2 Å². The largest absolute Gasteiger partial charge is 0.370 e. The Morgan fingerprint density at radius 2 is 1.23 bits per heavy atom. The number of aromatic amines is 2. The van der Waals surface area contributed by atoms with Gasteiger partial charge in [-0.15, -0.1) is 0 Å². The van der Waals surface area contributed by atoms with Gasteiger partial charge in [-0.2, -0.15) is 12.6 Å². The SMILES string of the molecule is CC(C)C[C@H](NC(=O)[C@H](CS)NC(=O)[C@H](Cc1cnc[nH]1)NC(=O)CNC(=O)[C@@H](NC(=O)[C@H](C)NC(=O)[C@H](Cc1c[nH]c2ccccc12)NC(=O)[C@H](CCC(N)=O)NC(=O)[C@H](N)Cc1ccccc1)C(C)C)C(N)=O. The molecule has 0 bridgehead atoms. The summed E-state index contributed by atoms with van der Waals surface area (Å²) >= 11 is 4.20. The Kier molecular flexibility index (Phi) is 23.3. The first-order valence-corrected chi connectivity index (χ1v) is 25.1. The van der Waals surface area contributed by atoms with E-state index in [4.69, 9.17) is 17.2 Å². The summed E-state index contributed by atoms with van der Waals surface area (Å²) < 4.78 is 0. The number of nitrogens with two attached hydrogens (primary N) is 3. The van der Waals surface area contributed by atoms with Crippen molar-refractivity contribution in [2.75, 3.05) is 12.3 Å². The molecule has 0 unspecified atom stereocenters. The fourth-order valence-electron chi connectivity index (χ4n) is 7.79. The van der Waals surface area contributed by atoms with Gasteiger partial charge in [0, 0.05) is 54.0 Å². The Bertz CT molecular complexity index is 2610. The van der Waals surface area contributed by atoms with E-state index in [9.17, 15) is 47.9 Å². The molecular formula is C50H70N14O10S. The number of imidazole rings is 1. The van der Waals surface area contributed by atoms with Crippen LogP contribution in [-0.4, -0.2) is 135 Å². The summed E-state index contributed by atoms with van der Waals surface area (Å²) in [7, 11) is 0. The summed E-state index contributed by atoms with van der Waals surface area (Å²) in [6.07, 6.45) is 4.15. The van der Waals surface area contributed by atoms with Crippen LogP contribution in [0.1, 0.15) is 70.7 Å². The normalized spacial score (nSPS) is 14.4. The van der Waals surface area contributed by atoms with Crippen LogP contribution in [0.3, 0.4) is 0 Å². The molecule has 0 aliphatic carbocycles. The third-order valence-corrected chi connectivity index (χ3v) is 12.3. The number of nitrogens with zero attached hydrogens (tertiary/aromatic N) is 1. The summed E-state index contributed by atoms with van der Waals surface area (Å²) in [4.78, 5) is 143. The Balaban J connectivity index is 1.43. The fraction of sp³-hybridized carbons (Fsp3) is 0.460. The van der Waals surface area contributed by atoms with Crippen LogP contribution in [0.4, 0.5) is 0 Å². The van der Waals surface area contributed by atoms with Crippen LogP contribution in [0.2, 0.25) is 0 Å². The van der Waals surface area contributed by atoms with Crippen molar-refractivity contribution in [3.63, 3.8) is 0 Å². The van der Waals surface area contributed by atoms with Crippen LogP contribution < -0.4 is 59.7 Å². The molecule has 0 fully saturated rings. The smallest absolute Gasteiger partial charge is 0.244 e. The summed E-state index contributed by atoms with van der Waals surface area (Å²) in [5.74, 6) is -8.45. The maximum Gasteiger partial charge on any atom is 0.244 e. The van der Waals surface area contributed by atoms with Crippen molar-refractivity contribution in [1.82, 2.24) is 57.5 Å². The number of amides is 10. The van der Waals surface area contributed by atoms with E-state index in [-0.39, 0.29) is 50.2 Å². The van der Waals surface area contributed by atoms with E-state index in [2.05, 4.69) is 70.1 Å². The lowest BCUT2D eigenvalue weighted by Gasteiger charge is -2.26. The number of H-pyrrole nitrogens is 2. The number of hydrogen-bond acceptors (Lipinski definition) is 13. The molecule has 10 amide bonds. The third-order valence-electron chi connectivity index (χ3n) is 11.9. The molecule has 2 aromatic carbocycles. The molecule has 8 atom stereocenters. The molecule has 0 saturated heterocycles. The first kappa shape index (κ1) is 59.8. The zero-order valence-corrected chi connectivity index (χ0v) is 43.5. The van der Waals surface area contributed by atoms with Gasteiger partial charge in [0.2, 0.25) is 59.1 Å². The van der Waals surface area contributed by atoms with E-state index in [1.165, 1.54) is 19.4 Å². The minimum atomic E-state index is -1.36. The third kappa shape index (κ3) is 19.2. The van der Waals surface area contributed by atoms with Gasteiger partial charge in [0.25, 0.3) is 0 Å². The number of benzene rings is 2. The average Bonchev–Trinajstić information content (AvgIpc) is 4.04. The van der Waals surface area contributed by atoms with Crippen LogP contribution in [0.25, 0.3) is 10.9 Å². The summed E-state index contributed by atoms with van der Waals surface area (Å²) in [6.45, 7) is 7.66. The number of aromatic nitrogens is 3. The minimum Gasteiger partial charge on any atom is -0.370 e. The van der Waals surface area contributed by atoms with Gasteiger partial charge in [-0.3, -0.25) is 47.9 Å². The summed E-state index contributed by atoms with van der Waals surface area (Å²) in [5.41, 5.74) is 19.7. The summed E-state index contributed by atoms with van der Waals surface area (Å²) in [6, 6.07) is 6.35. The molecule has 24 nitrogen and oxygen atoms in total. The van der Waals surface area contributed by atoms with Crippen molar-refractivity contribution >= 4 is 82.6 Å². The lowest BCUT2D eigenvalue weighted by atomic mass is 10.0. The number of rotatable bonds is 30. The van der Waals surface area contributed by atoms with E-state index < -0.39 is 120 Å². The number of thiol groups is 1. The van der Waals surface area contributed by atoms with Gasteiger partial charge >= 0.3 is 0 Å². The average molecular weight is 1060 g/mol. The van der Waals surface area contributed by atoms with E-state index in [0.717, 1.165) is 16.5 Å². The molecule has 0 spiro atoms. The molecule has 0 aliphatic heterocycles. The second-order valence-corrected chi connectivity index (χ2v) is 19.3. The molecule has 4 aromatic rings. The minimum absolute atomic E-state index is 0.0112. The highest BCUT2D eigenvalue weighted by molar-refractivity contribution is 7.80. The molecule has 0 radical (unpaired) electrons. The van der Waals surface area contributed by atoms with Gasteiger partial charge in [0.05, 0.1) is 18.9 Å². The molecule has 75 heavy (non-hydrogen) atoms. The number of fused-ring (bicyclic) bond motifs is 1. The van der Waals surface area contributed by atoms with Crippen LogP contribution in [0.15, 0.2) is 73.3 Å². The summed E-state index contributed by atoms with van der Waals surface area (Å²) in [5, 5.41) is 21.3.